The Morgan fingerprint density at radius 2 is 2.38 bits per heavy atom. The van der Waals surface area contributed by atoms with Crippen LogP contribution in [0.3, 0.4) is 0 Å². The van der Waals surface area contributed by atoms with E-state index in [1.807, 2.05) is 7.05 Å². The second-order valence-electron chi connectivity index (χ2n) is 5.29. The van der Waals surface area contributed by atoms with Crippen molar-refractivity contribution < 1.29 is 4.74 Å². The number of nitrogens with one attached hydrogen (secondary N) is 1. The van der Waals surface area contributed by atoms with Crippen molar-refractivity contribution in [2.45, 2.75) is 51.5 Å². The fourth-order valence-corrected chi connectivity index (χ4v) is 2.35. The van der Waals surface area contributed by atoms with Crippen molar-refractivity contribution in [2.24, 2.45) is 0 Å². The predicted molar refractivity (Wildman–Crippen MR) is 65.4 cm³/mol. The molecule has 3 heteroatoms. The topological polar surface area (TPSA) is 26.2 Å². The van der Waals surface area contributed by atoms with Crippen molar-refractivity contribution in [2.75, 3.05) is 7.05 Å². The van der Waals surface area contributed by atoms with Gasteiger partial charge in [0, 0.05) is 25.5 Å². The molecule has 0 radical (unpaired) electrons. The van der Waals surface area contributed by atoms with Crippen LogP contribution in [0.25, 0.3) is 0 Å². The molecule has 1 N–H and O–H groups in total. The van der Waals surface area contributed by atoms with Gasteiger partial charge in [0.1, 0.15) is 0 Å². The van der Waals surface area contributed by atoms with Crippen LogP contribution in [-0.4, -0.2) is 23.3 Å². The van der Waals surface area contributed by atoms with E-state index in [4.69, 9.17) is 4.74 Å². The first-order valence-corrected chi connectivity index (χ1v) is 6.06. The van der Waals surface area contributed by atoms with Gasteiger partial charge in [0.05, 0.1) is 11.7 Å². The van der Waals surface area contributed by atoms with Crippen LogP contribution < -0.4 is 5.32 Å². The smallest absolute Gasteiger partial charge is 0.0762 e. The minimum atomic E-state index is 0.0750. The number of ether oxygens (including phenoxy) is 1. The Kier molecular flexibility index (Phi) is 3.36. The maximum atomic E-state index is 5.99. The molecule has 1 aromatic rings. The summed E-state index contributed by atoms with van der Waals surface area (Å²) in [6, 6.07) is 2.16. The maximum absolute atomic E-state index is 5.99. The molecule has 1 aliphatic rings. The Morgan fingerprint density at radius 3 is 3.00 bits per heavy atom. The first-order valence-electron chi connectivity index (χ1n) is 6.06. The van der Waals surface area contributed by atoms with E-state index in [0.717, 1.165) is 13.1 Å². The molecule has 90 valence electrons. The zero-order valence-electron chi connectivity index (χ0n) is 10.5. The number of hydrogen-bond acceptors (Lipinski definition) is 2. The van der Waals surface area contributed by atoms with Gasteiger partial charge in [0.25, 0.3) is 0 Å². The summed E-state index contributed by atoms with van der Waals surface area (Å²) in [7, 11) is 1.97. The van der Waals surface area contributed by atoms with Gasteiger partial charge < -0.3 is 14.6 Å². The molecule has 2 heterocycles. The molecule has 0 saturated carbocycles. The fraction of sp³-hybridized carbons (Fsp3) is 0.692. The second-order valence-corrected chi connectivity index (χ2v) is 5.29. The zero-order valence-corrected chi connectivity index (χ0v) is 10.5. The summed E-state index contributed by atoms with van der Waals surface area (Å²) in [6.07, 6.45) is 7.06. The van der Waals surface area contributed by atoms with Crippen molar-refractivity contribution in [3.63, 3.8) is 0 Å². The van der Waals surface area contributed by atoms with Crippen LogP contribution >= 0.6 is 0 Å². The number of aromatic nitrogens is 1. The first kappa shape index (κ1) is 11.7. The van der Waals surface area contributed by atoms with Gasteiger partial charge in [-0.1, -0.05) is 0 Å². The van der Waals surface area contributed by atoms with Crippen LogP contribution in [0.1, 0.15) is 32.3 Å². The molecule has 0 spiro atoms. The molecule has 1 saturated heterocycles. The molecule has 1 fully saturated rings. The average molecular weight is 222 g/mol. The third-order valence-corrected chi connectivity index (χ3v) is 3.16. The van der Waals surface area contributed by atoms with Crippen molar-refractivity contribution in [3.05, 3.63) is 24.0 Å². The van der Waals surface area contributed by atoms with E-state index in [1.165, 1.54) is 18.4 Å². The van der Waals surface area contributed by atoms with E-state index in [2.05, 4.69) is 42.2 Å². The molecule has 2 rings (SSSR count). The molecule has 1 aromatic heterocycles. The molecule has 0 amide bonds. The highest BCUT2D eigenvalue weighted by molar-refractivity contribution is 5.10. The summed E-state index contributed by atoms with van der Waals surface area (Å²) in [6.45, 7) is 6.27. The maximum Gasteiger partial charge on any atom is 0.0762 e. The highest BCUT2D eigenvalue weighted by Crippen LogP contribution is 2.30. The monoisotopic (exact) mass is 222 g/mol. The Balaban J connectivity index is 1.89. The number of hydrogen-bond donors (Lipinski definition) is 1. The molecule has 0 aromatic carbocycles. The molecular formula is C13H22N2O. The Labute approximate surface area is 97.8 Å². The molecule has 16 heavy (non-hydrogen) atoms. The van der Waals surface area contributed by atoms with Gasteiger partial charge in [-0.05, 0) is 45.4 Å². The van der Waals surface area contributed by atoms with Crippen molar-refractivity contribution in [1.29, 1.82) is 0 Å². The normalized spacial score (nSPS) is 23.8. The van der Waals surface area contributed by atoms with E-state index in [9.17, 15) is 0 Å². The third kappa shape index (κ3) is 2.86. The van der Waals surface area contributed by atoms with E-state index in [-0.39, 0.29) is 5.60 Å². The minimum Gasteiger partial charge on any atom is -0.370 e. The summed E-state index contributed by atoms with van der Waals surface area (Å²) in [5.41, 5.74) is 1.41. The summed E-state index contributed by atoms with van der Waals surface area (Å²) in [4.78, 5) is 0. The lowest BCUT2D eigenvalue weighted by atomic mass is 10.1. The van der Waals surface area contributed by atoms with Gasteiger partial charge in [-0.3, -0.25) is 0 Å². The molecular weight excluding hydrogens is 200 g/mol. The van der Waals surface area contributed by atoms with Gasteiger partial charge in [0.15, 0.2) is 0 Å². The van der Waals surface area contributed by atoms with E-state index >= 15 is 0 Å². The Hall–Kier alpha value is -0.800. The Morgan fingerprint density at radius 1 is 1.56 bits per heavy atom. The van der Waals surface area contributed by atoms with Gasteiger partial charge in [0.2, 0.25) is 0 Å². The summed E-state index contributed by atoms with van der Waals surface area (Å²) < 4.78 is 8.22. The highest BCUT2D eigenvalue weighted by Gasteiger charge is 2.31. The number of nitrogens with zero attached hydrogens (tertiary/aromatic N) is 1. The minimum absolute atomic E-state index is 0.0750. The van der Waals surface area contributed by atoms with Crippen LogP contribution in [0.4, 0.5) is 0 Å². The quantitative estimate of drug-likeness (QED) is 0.845. The lowest BCUT2D eigenvalue weighted by Crippen LogP contribution is -2.22. The third-order valence-electron chi connectivity index (χ3n) is 3.16. The largest absolute Gasteiger partial charge is 0.370 e. The lowest BCUT2D eigenvalue weighted by molar-refractivity contribution is -0.0216. The standard InChI is InChI=1S/C13H22N2O/c1-13(2)6-4-12(16-13)10-15-7-5-11(9-15)8-14-3/h5,7,9,12,14H,4,6,8,10H2,1-3H3. The molecule has 1 atom stereocenters. The van der Waals surface area contributed by atoms with E-state index in [0.29, 0.717) is 6.10 Å². The fourth-order valence-electron chi connectivity index (χ4n) is 2.35. The van der Waals surface area contributed by atoms with Gasteiger partial charge in [-0.25, -0.2) is 0 Å². The number of rotatable bonds is 4. The first-order chi connectivity index (χ1) is 7.59. The Bertz CT molecular complexity index is 343. The van der Waals surface area contributed by atoms with Crippen molar-refractivity contribution in [3.8, 4) is 0 Å². The van der Waals surface area contributed by atoms with Crippen LogP contribution in [0.15, 0.2) is 18.5 Å². The predicted octanol–water partition coefficient (Wildman–Crippen LogP) is 2.17. The van der Waals surface area contributed by atoms with Crippen LogP contribution in [0, 0.1) is 0 Å². The lowest BCUT2D eigenvalue weighted by Gasteiger charge is -2.19. The van der Waals surface area contributed by atoms with Crippen LogP contribution in [-0.2, 0) is 17.8 Å². The van der Waals surface area contributed by atoms with Crippen LogP contribution in [0.5, 0.6) is 0 Å². The average Bonchev–Trinajstić information content (AvgIpc) is 2.75. The van der Waals surface area contributed by atoms with Crippen LogP contribution in [0.2, 0.25) is 0 Å². The van der Waals surface area contributed by atoms with Gasteiger partial charge in [-0.15, -0.1) is 0 Å². The van der Waals surface area contributed by atoms with Crippen molar-refractivity contribution >= 4 is 0 Å². The molecule has 1 unspecified atom stereocenters. The van der Waals surface area contributed by atoms with Gasteiger partial charge in [-0.2, -0.15) is 0 Å². The molecule has 3 nitrogen and oxygen atoms in total. The van der Waals surface area contributed by atoms with Gasteiger partial charge >= 0.3 is 0 Å². The summed E-state index contributed by atoms with van der Waals surface area (Å²) in [5.74, 6) is 0. The summed E-state index contributed by atoms with van der Waals surface area (Å²) >= 11 is 0. The van der Waals surface area contributed by atoms with E-state index < -0.39 is 0 Å². The molecule has 1 aliphatic heterocycles. The molecule has 0 aliphatic carbocycles. The van der Waals surface area contributed by atoms with Crippen molar-refractivity contribution in [1.82, 2.24) is 9.88 Å². The molecule has 0 bridgehead atoms. The second kappa shape index (κ2) is 4.60. The SMILES string of the molecule is CNCc1ccn(CC2CCC(C)(C)O2)c1. The highest BCUT2D eigenvalue weighted by atomic mass is 16.5. The van der Waals surface area contributed by atoms with E-state index in [1.54, 1.807) is 0 Å². The summed E-state index contributed by atoms with van der Waals surface area (Å²) in [5, 5.41) is 3.16. The zero-order chi connectivity index (χ0) is 11.6.